The van der Waals surface area contributed by atoms with Crippen LogP contribution in [0.25, 0.3) is 0 Å². The van der Waals surface area contributed by atoms with Gasteiger partial charge in [-0.15, -0.1) is 11.3 Å². The summed E-state index contributed by atoms with van der Waals surface area (Å²) in [6.07, 6.45) is 3.11. The molecule has 0 radical (unpaired) electrons. The highest BCUT2D eigenvalue weighted by Gasteiger charge is 2.33. The molecule has 3 aromatic rings. The zero-order chi connectivity index (χ0) is 18.1. The molecule has 26 heavy (non-hydrogen) atoms. The van der Waals surface area contributed by atoms with Gasteiger partial charge in [0.25, 0.3) is 5.91 Å². The van der Waals surface area contributed by atoms with E-state index in [1.165, 1.54) is 17.7 Å². The number of hydrogen-bond donors (Lipinski definition) is 2. The number of ether oxygens (including phenoxy) is 1. The number of methoxy groups -OCH3 is 1. The number of benzene rings is 1. The Balaban J connectivity index is 1.79. The molecule has 0 bridgehead atoms. The fourth-order valence-corrected chi connectivity index (χ4v) is 3.48. The number of fused-ring (bicyclic) bond motifs is 1. The second kappa shape index (κ2) is 6.60. The lowest BCUT2D eigenvalue weighted by atomic mass is 9.95. The largest absolute Gasteiger partial charge is 0.497 e. The molecule has 2 N–H and O–H groups in total. The molecule has 1 aliphatic rings. The van der Waals surface area contributed by atoms with Gasteiger partial charge in [-0.05, 0) is 24.6 Å². The van der Waals surface area contributed by atoms with E-state index in [1.54, 1.807) is 18.0 Å². The molecular formula is C17H16N6O2S. The van der Waals surface area contributed by atoms with Gasteiger partial charge in [0.05, 0.1) is 12.7 Å². The van der Waals surface area contributed by atoms with Crippen molar-refractivity contribution in [2.24, 2.45) is 0 Å². The van der Waals surface area contributed by atoms with E-state index in [-0.39, 0.29) is 5.91 Å². The summed E-state index contributed by atoms with van der Waals surface area (Å²) in [5.74, 6) is 1.06. The number of amides is 1. The number of nitrogens with one attached hydrogen (secondary N) is 2. The Morgan fingerprint density at radius 2 is 2.27 bits per heavy atom. The number of carbonyl (C=O) groups excluding carboxylic acids is 1. The molecular weight excluding hydrogens is 352 g/mol. The maximum absolute atomic E-state index is 13.0. The van der Waals surface area contributed by atoms with Crippen molar-refractivity contribution in [1.82, 2.24) is 19.7 Å². The van der Waals surface area contributed by atoms with E-state index in [9.17, 15) is 4.79 Å². The van der Waals surface area contributed by atoms with Crippen LogP contribution in [0.2, 0.25) is 0 Å². The summed E-state index contributed by atoms with van der Waals surface area (Å²) in [5, 5.41) is 12.7. The van der Waals surface area contributed by atoms with Crippen molar-refractivity contribution >= 4 is 28.3 Å². The summed E-state index contributed by atoms with van der Waals surface area (Å²) < 4.78 is 7.03. The Labute approximate surface area is 153 Å². The zero-order valence-electron chi connectivity index (χ0n) is 14.1. The van der Waals surface area contributed by atoms with Crippen LogP contribution in [0, 0.1) is 0 Å². The van der Waals surface area contributed by atoms with Crippen LogP contribution < -0.4 is 15.4 Å². The fourth-order valence-electron chi connectivity index (χ4n) is 2.95. The standard InChI is InChI=1S/C17H16N6O2S/c1-10-13(15(24)22-17-18-6-7-26-17)14(23-16(21-10)19-9-20-23)11-4-3-5-12(8-11)25-2/h3-9,14H,1-2H3,(H,18,22,24)(H,19,20,21)/t14-/m1/s1. The van der Waals surface area contributed by atoms with Crippen molar-refractivity contribution in [3.63, 3.8) is 0 Å². The predicted molar refractivity (Wildman–Crippen MR) is 98.2 cm³/mol. The Morgan fingerprint density at radius 1 is 1.38 bits per heavy atom. The maximum atomic E-state index is 13.0. The summed E-state index contributed by atoms with van der Waals surface area (Å²) in [4.78, 5) is 21.4. The second-order valence-electron chi connectivity index (χ2n) is 5.66. The molecule has 0 aliphatic carbocycles. The van der Waals surface area contributed by atoms with Crippen molar-refractivity contribution < 1.29 is 9.53 Å². The number of carbonyl (C=O) groups is 1. The third kappa shape index (κ3) is 2.82. The Kier molecular flexibility index (Phi) is 4.13. The van der Waals surface area contributed by atoms with E-state index < -0.39 is 6.04 Å². The summed E-state index contributed by atoms with van der Waals surface area (Å²) in [6.45, 7) is 1.85. The minimum absolute atomic E-state index is 0.237. The zero-order valence-corrected chi connectivity index (χ0v) is 14.9. The molecule has 1 aliphatic heterocycles. The van der Waals surface area contributed by atoms with Crippen molar-refractivity contribution in [1.29, 1.82) is 0 Å². The maximum Gasteiger partial charge on any atom is 0.257 e. The summed E-state index contributed by atoms with van der Waals surface area (Å²) in [6, 6.07) is 7.15. The number of nitrogens with zero attached hydrogens (tertiary/aromatic N) is 4. The fraction of sp³-hybridized carbons (Fsp3) is 0.176. The van der Waals surface area contributed by atoms with Crippen LogP contribution in [0.4, 0.5) is 11.1 Å². The first-order valence-electron chi connectivity index (χ1n) is 7.89. The molecule has 132 valence electrons. The quantitative estimate of drug-likeness (QED) is 0.735. The van der Waals surface area contributed by atoms with Gasteiger partial charge in [-0.1, -0.05) is 12.1 Å². The lowest BCUT2D eigenvalue weighted by Gasteiger charge is -2.28. The molecule has 1 aromatic carbocycles. The molecule has 0 spiro atoms. The first kappa shape index (κ1) is 16.3. The minimum Gasteiger partial charge on any atom is -0.497 e. The lowest BCUT2D eigenvalue weighted by Crippen LogP contribution is -2.31. The van der Waals surface area contributed by atoms with Crippen LogP contribution in [-0.4, -0.2) is 32.8 Å². The number of aromatic nitrogens is 4. The number of allylic oxidation sites excluding steroid dienone is 1. The van der Waals surface area contributed by atoms with Gasteiger partial charge in [-0.3, -0.25) is 10.1 Å². The summed E-state index contributed by atoms with van der Waals surface area (Å²) in [5.41, 5.74) is 2.14. The molecule has 3 heterocycles. The van der Waals surface area contributed by atoms with Gasteiger partial charge in [0.15, 0.2) is 5.13 Å². The highest BCUT2D eigenvalue weighted by molar-refractivity contribution is 7.13. The smallest absolute Gasteiger partial charge is 0.257 e. The van der Waals surface area contributed by atoms with E-state index in [0.717, 1.165) is 5.56 Å². The monoisotopic (exact) mass is 368 g/mol. The molecule has 4 rings (SSSR count). The molecule has 0 saturated carbocycles. The van der Waals surface area contributed by atoms with Gasteiger partial charge in [-0.2, -0.15) is 10.1 Å². The topological polar surface area (TPSA) is 94.0 Å². The van der Waals surface area contributed by atoms with E-state index >= 15 is 0 Å². The molecule has 1 amide bonds. The molecule has 9 heteroatoms. The van der Waals surface area contributed by atoms with Crippen molar-refractivity contribution in [3.05, 3.63) is 59.0 Å². The normalized spacial score (nSPS) is 16.0. The number of thiazole rings is 1. The number of anilines is 2. The molecule has 1 atom stereocenters. The first-order valence-corrected chi connectivity index (χ1v) is 8.77. The SMILES string of the molecule is COc1cccc([C@@H]2C(C(=O)Nc3nccs3)=C(C)Nc3ncnn32)c1. The van der Waals surface area contributed by atoms with E-state index in [4.69, 9.17) is 4.74 Å². The highest BCUT2D eigenvalue weighted by Crippen LogP contribution is 2.36. The van der Waals surface area contributed by atoms with Gasteiger partial charge in [0.1, 0.15) is 18.1 Å². The molecule has 8 nitrogen and oxygen atoms in total. The first-order chi connectivity index (χ1) is 12.7. The Bertz CT molecular complexity index is 979. The van der Waals surface area contributed by atoms with Crippen LogP contribution in [0.15, 0.2) is 53.4 Å². The third-order valence-corrected chi connectivity index (χ3v) is 4.79. The predicted octanol–water partition coefficient (Wildman–Crippen LogP) is 2.67. The van der Waals surface area contributed by atoms with Crippen molar-refractivity contribution in [2.45, 2.75) is 13.0 Å². The van der Waals surface area contributed by atoms with Gasteiger partial charge in [-0.25, -0.2) is 9.67 Å². The minimum atomic E-state index is -0.427. The number of rotatable bonds is 4. The van der Waals surface area contributed by atoms with Crippen molar-refractivity contribution in [3.8, 4) is 5.75 Å². The summed E-state index contributed by atoms with van der Waals surface area (Å²) >= 11 is 1.37. The Morgan fingerprint density at radius 3 is 3.04 bits per heavy atom. The average molecular weight is 368 g/mol. The van der Waals surface area contributed by atoms with Gasteiger partial charge < -0.3 is 10.1 Å². The molecule has 0 unspecified atom stereocenters. The van der Waals surface area contributed by atoms with Crippen LogP contribution in [0.5, 0.6) is 5.75 Å². The van der Waals surface area contributed by atoms with Gasteiger partial charge in [0, 0.05) is 17.3 Å². The van der Waals surface area contributed by atoms with E-state index in [2.05, 4.69) is 25.7 Å². The molecule has 0 saturated heterocycles. The van der Waals surface area contributed by atoms with E-state index in [1.807, 2.05) is 36.6 Å². The third-order valence-electron chi connectivity index (χ3n) is 4.10. The van der Waals surface area contributed by atoms with Crippen molar-refractivity contribution in [2.75, 3.05) is 17.7 Å². The van der Waals surface area contributed by atoms with Crippen LogP contribution in [0.3, 0.4) is 0 Å². The van der Waals surface area contributed by atoms with Crippen LogP contribution in [0.1, 0.15) is 18.5 Å². The molecule has 2 aromatic heterocycles. The van der Waals surface area contributed by atoms with Crippen LogP contribution in [-0.2, 0) is 4.79 Å². The summed E-state index contributed by atoms with van der Waals surface area (Å²) in [7, 11) is 1.61. The highest BCUT2D eigenvalue weighted by atomic mass is 32.1. The lowest BCUT2D eigenvalue weighted by molar-refractivity contribution is -0.113. The van der Waals surface area contributed by atoms with E-state index in [0.29, 0.717) is 28.1 Å². The van der Waals surface area contributed by atoms with Gasteiger partial charge >= 0.3 is 0 Å². The van der Waals surface area contributed by atoms with Crippen LogP contribution >= 0.6 is 11.3 Å². The average Bonchev–Trinajstić information content (AvgIpc) is 3.32. The molecule has 0 fully saturated rings. The van der Waals surface area contributed by atoms with Gasteiger partial charge in [0.2, 0.25) is 5.95 Å². The number of hydrogen-bond acceptors (Lipinski definition) is 7. The second-order valence-corrected chi connectivity index (χ2v) is 6.56. The Hall–Kier alpha value is -3.20.